The van der Waals surface area contributed by atoms with Crippen molar-refractivity contribution in [3.8, 4) is 10.6 Å². The second-order valence-electron chi connectivity index (χ2n) is 8.85. The molecule has 30 heavy (non-hydrogen) atoms. The minimum atomic E-state index is -0.248. The van der Waals surface area contributed by atoms with Crippen molar-refractivity contribution in [3.05, 3.63) is 40.2 Å². The summed E-state index contributed by atoms with van der Waals surface area (Å²) in [6, 6.07) is 5.33. The van der Waals surface area contributed by atoms with Crippen LogP contribution in [0.2, 0.25) is 0 Å². The van der Waals surface area contributed by atoms with E-state index in [-0.39, 0.29) is 11.7 Å². The molecule has 4 nitrogen and oxygen atoms in total. The molecule has 0 spiro atoms. The quantitative estimate of drug-likeness (QED) is 0.600. The summed E-state index contributed by atoms with van der Waals surface area (Å²) in [6.07, 6.45) is 6.08. The molecule has 0 atom stereocenters. The van der Waals surface area contributed by atoms with Gasteiger partial charge in [0.2, 0.25) is 0 Å². The summed E-state index contributed by atoms with van der Waals surface area (Å²) >= 11 is 1.43. The van der Waals surface area contributed by atoms with Crippen LogP contribution >= 0.6 is 11.3 Å². The van der Waals surface area contributed by atoms with Gasteiger partial charge in [0.05, 0.1) is 5.69 Å². The van der Waals surface area contributed by atoms with Crippen LogP contribution < -0.4 is 0 Å². The number of aromatic nitrogens is 1. The van der Waals surface area contributed by atoms with Crippen molar-refractivity contribution in [1.82, 2.24) is 14.8 Å². The number of aryl methyl sites for hydroxylation is 2. The Balaban J connectivity index is 1.42. The fourth-order valence-electron chi connectivity index (χ4n) is 4.50. The fraction of sp³-hybridized carbons (Fsp3) is 0.583. The molecule has 2 fully saturated rings. The minimum Gasteiger partial charge on any atom is -0.338 e. The van der Waals surface area contributed by atoms with Crippen molar-refractivity contribution in [1.29, 1.82) is 0 Å². The molecule has 0 bridgehead atoms. The maximum absolute atomic E-state index is 13.4. The standard InChI is InChI=1S/C24H32FN3OS/c1-4-11-28(15-18-5-6-18)20-9-12-27(13-10-20)24(29)22-17(3)26-23(30-22)21-8-7-19(25)14-16(21)2/h7-8,14,18,20H,4-6,9-13,15H2,1-3H3. The molecule has 4 rings (SSSR count). The number of amides is 1. The molecule has 1 amide bonds. The number of piperidine rings is 1. The Hall–Kier alpha value is -1.79. The van der Waals surface area contributed by atoms with Gasteiger partial charge < -0.3 is 4.90 Å². The molecule has 2 aliphatic rings. The van der Waals surface area contributed by atoms with Crippen LogP contribution in [0.5, 0.6) is 0 Å². The molecule has 2 aromatic rings. The van der Waals surface area contributed by atoms with E-state index in [4.69, 9.17) is 0 Å². The number of carbonyl (C=O) groups excluding carboxylic acids is 1. The number of hydrogen-bond donors (Lipinski definition) is 0. The van der Waals surface area contributed by atoms with Gasteiger partial charge in [-0.25, -0.2) is 9.37 Å². The molecule has 2 heterocycles. The number of likely N-dealkylation sites (tertiary alicyclic amines) is 1. The second kappa shape index (κ2) is 9.15. The molecule has 1 aromatic heterocycles. The maximum Gasteiger partial charge on any atom is 0.265 e. The Morgan fingerprint density at radius 1 is 1.23 bits per heavy atom. The highest BCUT2D eigenvalue weighted by Crippen LogP contribution is 2.33. The monoisotopic (exact) mass is 429 g/mol. The van der Waals surface area contributed by atoms with Crippen molar-refractivity contribution in [3.63, 3.8) is 0 Å². The molecular weight excluding hydrogens is 397 g/mol. The molecule has 162 valence electrons. The Morgan fingerprint density at radius 3 is 2.60 bits per heavy atom. The number of halogens is 1. The third-order valence-corrected chi connectivity index (χ3v) is 7.56. The molecule has 1 aliphatic carbocycles. The van der Waals surface area contributed by atoms with Gasteiger partial charge in [0, 0.05) is 31.2 Å². The second-order valence-corrected chi connectivity index (χ2v) is 9.85. The Labute approximate surface area is 183 Å². The van der Waals surface area contributed by atoms with E-state index in [1.54, 1.807) is 6.07 Å². The highest BCUT2D eigenvalue weighted by Gasteiger charge is 2.32. The number of thiazole rings is 1. The summed E-state index contributed by atoms with van der Waals surface area (Å²) in [4.78, 5) is 23.2. The zero-order valence-corrected chi connectivity index (χ0v) is 19.1. The van der Waals surface area contributed by atoms with E-state index in [2.05, 4.69) is 16.8 Å². The van der Waals surface area contributed by atoms with E-state index in [0.717, 1.165) is 58.6 Å². The van der Waals surface area contributed by atoms with Crippen LogP contribution in [0, 0.1) is 25.6 Å². The molecule has 1 aromatic carbocycles. The summed E-state index contributed by atoms with van der Waals surface area (Å²) in [7, 11) is 0. The van der Waals surface area contributed by atoms with Gasteiger partial charge in [-0.15, -0.1) is 11.3 Å². The number of benzene rings is 1. The van der Waals surface area contributed by atoms with Crippen LogP contribution in [-0.4, -0.2) is 52.9 Å². The van der Waals surface area contributed by atoms with E-state index < -0.39 is 0 Å². The first-order valence-corrected chi connectivity index (χ1v) is 12.0. The maximum atomic E-state index is 13.4. The van der Waals surface area contributed by atoms with Gasteiger partial charge in [0.25, 0.3) is 5.91 Å². The Morgan fingerprint density at radius 2 is 1.97 bits per heavy atom. The zero-order valence-electron chi connectivity index (χ0n) is 18.3. The highest BCUT2D eigenvalue weighted by atomic mass is 32.1. The smallest absolute Gasteiger partial charge is 0.265 e. The predicted molar refractivity (Wildman–Crippen MR) is 120 cm³/mol. The van der Waals surface area contributed by atoms with Crippen molar-refractivity contribution in [2.45, 2.75) is 58.9 Å². The highest BCUT2D eigenvalue weighted by molar-refractivity contribution is 7.17. The largest absolute Gasteiger partial charge is 0.338 e. The van der Waals surface area contributed by atoms with Gasteiger partial charge in [-0.2, -0.15) is 0 Å². The third-order valence-electron chi connectivity index (χ3n) is 6.38. The first-order valence-electron chi connectivity index (χ1n) is 11.2. The summed E-state index contributed by atoms with van der Waals surface area (Å²) in [6.45, 7) is 10.1. The van der Waals surface area contributed by atoms with E-state index in [1.807, 2.05) is 18.7 Å². The molecule has 1 saturated carbocycles. The molecule has 6 heteroatoms. The van der Waals surface area contributed by atoms with Gasteiger partial charge in [-0.1, -0.05) is 6.92 Å². The molecule has 0 radical (unpaired) electrons. The van der Waals surface area contributed by atoms with E-state index in [1.165, 1.54) is 55.8 Å². The van der Waals surface area contributed by atoms with E-state index in [9.17, 15) is 9.18 Å². The zero-order chi connectivity index (χ0) is 21.3. The van der Waals surface area contributed by atoms with Crippen molar-refractivity contribution in [2.24, 2.45) is 5.92 Å². The first kappa shape index (κ1) is 21.4. The lowest BCUT2D eigenvalue weighted by Gasteiger charge is -2.38. The average molecular weight is 430 g/mol. The van der Waals surface area contributed by atoms with Gasteiger partial charge in [-0.05, 0) is 82.2 Å². The lowest BCUT2D eigenvalue weighted by molar-refractivity contribution is 0.0615. The number of hydrogen-bond acceptors (Lipinski definition) is 4. The van der Waals surface area contributed by atoms with E-state index >= 15 is 0 Å². The van der Waals surface area contributed by atoms with Crippen molar-refractivity contribution >= 4 is 17.2 Å². The van der Waals surface area contributed by atoms with Gasteiger partial charge in [0.1, 0.15) is 15.7 Å². The predicted octanol–water partition coefficient (Wildman–Crippen LogP) is 5.29. The number of nitrogens with zero attached hydrogens (tertiary/aromatic N) is 3. The topological polar surface area (TPSA) is 36.4 Å². The van der Waals surface area contributed by atoms with Crippen molar-refractivity contribution < 1.29 is 9.18 Å². The summed E-state index contributed by atoms with van der Waals surface area (Å²) in [5, 5.41) is 0.793. The SMILES string of the molecule is CCCN(CC1CC1)C1CCN(C(=O)c2sc(-c3ccc(F)cc3C)nc2C)CC1. The fourth-order valence-corrected chi connectivity index (χ4v) is 5.62. The summed E-state index contributed by atoms with van der Waals surface area (Å²) in [5.74, 6) is 0.755. The molecular formula is C24H32FN3OS. The Bertz CT molecular complexity index is 900. The normalized spacial score (nSPS) is 17.7. The lowest BCUT2D eigenvalue weighted by atomic mass is 10.0. The van der Waals surface area contributed by atoms with Crippen LogP contribution in [0.4, 0.5) is 4.39 Å². The van der Waals surface area contributed by atoms with Crippen LogP contribution in [0.3, 0.4) is 0 Å². The Kier molecular flexibility index (Phi) is 6.54. The van der Waals surface area contributed by atoms with Crippen LogP contribution in [0.15, 0.2) is 18.2 Å². The van der Waals surface area contributed by atoms with Crippen LogP contribution in [0.1, 0.15) is 60.0 Å². The number of carbonyl (C=O) groups is 1. The van der Waals surface area contributed by atoms with Crippen LogP contribution in [0.25, 0.3) is 10.6 Å². The van der Waals surface area contributed by atoms with E-state index in [0.29, 0.717) is 6.04 Å². The minimum absolute atomic E-state index is 0.0960. The van der Waals surface area contributed by atoms with Crippen molar-refractivity contribution in [2.75, 3.05) is 26.2 Å². The summed E-state index contributed by atoms with van der Waals surface area (Å²) < 4.78 is 13.4. The lowest BCUT2D eigenvalue weighted by Crippen LogP contribution is -2.47. The third kappa shape index (κ3) is 4.75. The summed E-state index contributed by atoms with van der Waals surface area (Å²) in [5.41, 5.74) is 2.51. The number of rotatable bonds is 7. The molecule has 0 N–H and O–H groups in total. The first-order chi connectivity index (χ1) is 14.5. The van der Waals surface area contributed by atoms with Gasteiger partial charge in [-0.3, -0.25) is 9.69 Å². The van der Waals surface area contributed by atoms with Crippen LogP contribution in [-0.2, 0) is 0 Å². The van der Waals surface area contributed by atoms with Gasteiger partial charge in [0.15, 0.2) is 0 Å². The molecule has 1 aliphatic heterocycles. The molecule has 0 unspecified atom stereocenters. The molecule has 1 saturated heterocycles. The van der Waals surface area contributed by atoms with Gasteiger partial charge >= 0.3 is 0 Å². The average Bonchev–Trinajstić information content (AvgIpc) is 3.47.